The van der Waals surface area contributed by atoms with Gasteiger partial charge < -0.3 is 5.32 Å². The van der Waals surface area contributed by atoms with Crippen LogP contribution in [0.1, 0.15) is 5.56 Å². The number of nitriles is 1. The Labute approximate surface area is 112 Å². The molecule has 1 aromatic heterocycles. The van der Waals surface area contributed by atoms with Crippen LogP contribution in [0.25, 0.3) is 11.3 Å². The third-order valence-corrected chi connectivity index (χ3v) is 2.49. The summed E-state index contributed by atoms with van der Waals surface area (Å²) in [6.45, 7) is 0. The van der Waals surface area contributed by atoms with E-state index in [-0.39, 0.29) is 28.5 Å². The highest BCUT2D eigenvalue weighted by atomic mass is 19.1. The van der Waals surface area contributed by atoms with Gasteiger partial charge >= 0.3 is 5.69 Å². The Hall–Kier alpha value is -3.08. The molecule has 0 fully saturated rings. The van der Waals surface area contributed by atoms with Gasteiger partial charge in [0.15, 0.2) is 5.69 Å². The lowest BCUT2D eigenvalue weighted by Gasteiger charge is -2.05. The SMILES string of the molecule is CNc1ncc([N+](=O)[O-])c(-c2cc(F)cc(C#N)c2)n1. The fourth-order valence-electron chi connectivity index (χ4n) is 1.63. The van der Waals surface area contributed by atoms with Crippen LogP contribution < -0.4 is 5.32 Å². The van der Waals surface area contributed by atoms with Crippen LogP contribution in [0, 0.1) is 27.3 Å². The Balaban J connectivity index is 2.70. The third-order valence-electron chi connectivity index (χ3n) is 2.49. The molecule has 1 heterocycles. The van der Waals surface area contributed by atoms with Crippen LogP contribution in [-0.2, 0) is 0 Å². The predicted octanol–water partition coefficient (Wildman–Crippen LogP) is 2.10. The average Bonchev–Trinajstić information content (AvgIpc) is 2.45. The highest BCUT2D eigenvalue weighted by Gasteiger charge is 2.19. The van der Waals surface area contributed by atoms with Gasteiger partial charge in [-0.1, -0.05) is 0 Å². The van der Waals surface area contributed by atoms with E-state index in [2.05, 4.69) is 15.3 Å². The zero-order valence-electron chi connectivity index (χ0n) is 10.3. The summed E-state index contributed by atoms with van der Waals surface area (Å²) >= 11 is 0. The Bertz CT molecular complexity index is 726. The maximum atomic E-state index is 13.4. The number of rotatable bonds is 3. The summed E-state index contributed by atoms with van der Waals surface area (Å²) in [6, 6.07) is 5.23. The van der Waals surface area contributed by atoms with E-state index >= 15 is 0 Å². The van der Waals surface area contributed by atoms with Gasteiger partial charge in [0, 0.05) is 12.6 Å². The Morgan fingerprint density at radius 1 is 1.45 bits per heavy atom. The molecule has 0 aliphatic rings. The second kappa shape index (κ2) is 5.27. The van der Waals surface area contributed by atoms with Gasteiger partial charge in [0.1, 0.15) is 12.0 Å². The topological polar surface area (TPSA) is 105 Å². The van der Waals surface area contributed by atoms with Crippen LogP contribution in [0.5, 0.6) is 0 Å². The monoisotopic (exact) mass is 273 g/mol. The van der Waals surface area contributed by atoms with Gasteiger partial charge in [-0.05, 0) is 18.2 Å². The summed E-state index contributed by atoms with van der Waals surface area (Å²) in [4.78, 5) is 18.0. The molecule has 0 atom stereocenters. The largest absolute Gasteiger partial charge is 0.357 e. The summed E-state index contributed by atoms with van der Waals surface area (Å²) in [7, 11) is 1.55. The third kappa shape index (κ3) is 2.51. The average molecular weight is 273 g/mol. The second-order valence-corrected chi connectivity index (χ2v) is 3.77. The molecular formula is C12H8FN5O2. The normalized spacial score (nSPS) is 9.85. The standard InChI is InChI=1S/C12H8FN5O2/c1-15-12-16-6-10(18(19)20)11(17-12)8-2-7(5-14)3-9(13)4-8/h2-4,6H,1H3,(H,15,16,17). The van der Waals surface area contributed by atoms with Crippen molar-refractivity contribution in [2.24, 2.45) is 0 Å². The van der Waals surface area contributed by atoms with Crippen LogP contribution in [0.2, 0.25) is 0 Å². The molecule has 0 spiro atoms. The molecule has 0 unspecified atom stereocenters. The number of nitrogens with one attached hydrogen (secondary N) is 1. The van der Waals surface area contributed by atoms with Crippen molar-refractivity contribution in [2.45, 2.75) is 0 Å². The molecule has 2 aromatic rings. The first-order valence-electron chi connectivity index (χ1n) is 5.45. The highest BCUT2D eigenvalue weighted by molar-refractivity contribution is 5.71. The second-order valence-electron chi connectivity index (χ2n) is 3.77. The van der Waals surface area contributed by atoms with Crippen molar-refractivity contribution < 1.29 is 9.31 Å². The Kier molecular flexibility index (Phi) is 3.52. The van der Waals surface area contributed by atoms with Crippen molar-refractivity contribution in [3.05, 3.63) is 45.9 Å². The molecule has 0 aliphatic carbocycles. The summed E-state index contributed by atoms with van der Waals surface area (Å²) in [5, 5.41) is 22.4. The summed E-state index contributed by atoms with van der Waals surface area (Å²) in [6.07, 6.45) is 1.03. The number of nitrogens with zero attached hydrogens (tertiary/aromatic N) is 4. The van der Waals surface area contributed by atoms with E-state index in [4.69, 9.17) is 5.26 Å². The van der Waals surface area contributed by atoms with Gasteiger partial charge in [-0.25, -0.2) is 14.4 Å². The number of hydrogen-bond acceptors (Lipinski definition) is 6. The minimum atomic E-state index is -0.669. The lowest BCUT2D eigenvalue weighted by molar-refractivity contribution is -0.384. The van der Waals surface area contributed by atoms with Gasteiger partial charge in [-0.2, -0.15) is 5.26 Å². The van der Waals surface area contributed by atoms with Crippen molar-refractivity contribution in [2.75, 3.05) is 12.4 Å². The minimum absolute atomic E-state index is 0.0506. The molecule has 0 saturated heterocycles. The molecule has 1 N–H and O–H groups in total. The van der Waals surface area contributed by atoms with Gasteiger partial charge in [0.25, 0.3) is 0 Å². The molecule has 7 nitrogen and oxygen atoms in total. The van der Waals surface area contributed by atoms with E-state index < -0.39 is 10.7 Å². The fourth-order valence-corrected chi connectivity index (χ4v) is 1.63. The molecule has 0 aliphatic heterocycles. The van der Waals surface area contributed by atoms with E-state index in [1.165, 1.54) is 6.07 Å². The molecule has 100 valence electrons. The summed E-state index contributed by atoms with van der Waals surface area (Å²) < 4.78 is 13.4. The number of hydrogen-bond donors (Lipinski definition) is 1. The van der Waals surface area contributed by atoms with Crippen LogP contribution >= 0.6 is 0 Å². The quantitative estimate of drug-likeness (QED) is 0.678. The first-order valence-corrected chi connectivity index (χ1v) is 5.45. The van der Waals surface area contributed by atoms with E-state index in [1.54, 1.807) is 13.1 Å². The lowest BCUT2D eigenvalue weighted by Crippen LogP contribution is -2.02. The molecular weight excluding hydrogens is 265 g/mol. The summed E-state index contributed by atoms with van der Waals surface area (Å²) in [5.41, 5.74) is -0.213. The van der Waals surface area contributed by atoms with E-state index in [0.717, 1.165) is 18.3 Å². The van der Waals surface area contributed by atoms with Crippen molar-refractivity contribution in [3.8, 4) is 17.3 Å². The first-order chi connectivity index (χ1) is 9.55. The number of aromatic nitrogens is 2. The van der Waals surface area contributed by atoms with Gasteiger partial charge in [0.05, 0.1) is 16.6 Å². The first kappa shape index (κ1) is 13.4. The lowest BCUT2D eigenvalue weighted by atomic mass is 10.1. The molecule has 20 heavy (non-hydrogen) atoms. The molecule has 0 bridgehead atoms. The predicted molar refractivity (Wildman–Crippen MR) is 68.3 cm³/mol. The maximum Gasteiger partial charge on any atom is 0.313 e. The fraction of sp³-hybridized carbons (Fsp3) is 0.0833. The van der Waals surface area contributed by atoms with Crippen molar-refractivity contribution in [1.29, 1.82) is 5.26 Å². The van der Waals surface area contributed by atoms with E-state index in [1.807, 2.05) is 0 Å². The van der Waals surface area contributed by atoms with Crippen LogP contribution in [0.3, 0.4) is 0 Å². The van der Waals surface area contributed by atoms with Crippen LogP contribution in [0.15, 0.2) is 24.4 Å². The molecule has 0 saturated carbocycles. The number of benzene rings is 1. The minimum Gasteiger partial charge on any atom is -0.357 e. The zero-order chi connectivity index (χ0) is 14.7. The molecule has 0 amide bonds. The van der Waals surface area contributed by atoms with Crippen LogP contribution in [-0.4, -0.2) is 21.9 Å². The number of anilines is 1. The van der Waals surface area contributed by atoms with Crippen molar-refractivity contribution in [3.63, 3.8) is 0 Å². The van der Waals surface area contributed by atoms with Gasteiger partial charge in [0.2, 0.25) is 5.95 Å². The smallest absolute Gasteiger partial charge is 0.313 e. The molecule has 2 rings (SSSR count). The van der Waals surface area contributed by atoms with E-state index in [9.17, 15) is 14.5 Å². The highest BCUT2D eigenvalue weighted by Crippen LogP contribution is 2.29. The molecule has 1 aromatic carbocycles. The number of nitro groups is 1. The maximum absolute atomic E-state index is 13.4. The Morgan fingerprint density at radius 3 is 2.80 bits per heavy atom. The summed E-state index contributed by atoms with van der Waals surface area (Å²) in [5.74, 6) is -0.508. The zero-order valence-corrected chi connectivity index (χ0v) is 10.3. The van der Waals surface area contributed by atoms with Gasteiger partial charge in [-0.15, -0.1) is 0 Å². The Morgan fingerprint density at radius 2 is 2.20 bits per heavy atom. The molecule has 8 heteroatoms. The van der Waals surface area contributed by atoms with Gasteiger partial charge in [-0.3, -0.25) is 10.1 Å². The van der Waals surface area contributed by atoms with Crippen molar-refractivity contribution in [1.82, 2.24) is 9.97 Å². The molecule has 0 radical (unpaired) electrons. The van der Waals surface area contributed by atoms with E-state index in [0.29, 0.717) is 0 Å². The van der Waals surface area contributed by atoms with Crippen molar-refractivity contribution >= 4 is 11.6 Å². The number of halogens is 1. The van der Waals surface area contributed by atoms with Crippen LogP contribution in [0.4, 0.5) is 16.0 Å².